The van der Waals surface area contributed by atoms with Crippen LogP contribution in [-0.2, 0) is 10.8 Å². The Morgan fingerprint density at radius 3 is 2.76 bits per heavy atom. The Morgan fingerprint density at radius 2 is 2.12 bits per heavy atom. The molecule has 2 rings (SSSR count). The topological polar surface area (TPSA) is 38.3 Å². The van der Waals surface area contributed by atoms with E-state index in [-0.39, 0.29) is 16.5 Å². The number of benzene rings is 1. The molecule has 0 saturated heterocycles. The number of para-hydroxylation sites is 1. The van der Waals surface area contributed by atoms with Gasteiger partial charge in [0.05, 0.1) is 11.3 Å². The van der Waals surface area contributed by atoms with Gasteiger partial charge in [0.15, 0.2) is 0 Å². The Hall–Kier alpha value is -0.870. The Kier molecular flexibility index (Phi) is 3.84. The fraction of sp³-hybridized carbons (Fsp3) is 0.538. The van der Waals surface area contributed by atoms with Crippen molar-refractivity contribution in [3.63, 3.8) is 0 Å². The maximum absolute atomic E-state index is 12.3. The number of hydrogen-bond acceptors (Lipinski definition) is 3. The molecule has 1 aliphatic rings. The first-order valence-corrected chi connectivity index (χ1v) is 7.21. The molecule has 4 heteroatoms. The first-order valence-electron chi connectivity index (χ1n) is 5.93. The van der Waals surface area contributed by atoms with Crippen molar-refractivity contribution in [2.24, 2.45) is 0 Å². The summed E-state index contributed by atoms with van der Waals surface area (Å²) in [5.41, 5.74) is 1.11. The first-order chi connectivity index (χ1) is 8.15. The number of ether oxygens (including phenoxy) is 1. The van der Waals surface area contributed by atoms with E-state index in [2.05, 4.69) is 5.32 Å². The molecule has 17 heavy (non-hydrogen) atoms. The van der Waals surface area contributed by atoms with Gasteiger partial charge in [-0.1, -0.05) is 32.0 Å². The van der Waals surface area contributed by atoms with Gasteiger partial charge in [0.1, 0.15) is 12.4 Å². The van der Waals surface area contributed by atoms with Crippen LogP contribution in [0, 0.1) is 0 Å². The molecule has 1 aromatic carbocycles. The third-order valence-corrected chi connectivity index (χ3v) is 5.04. The zero-order valence-electron chi connectivity index (χ0n) is 10.5. The van der Waals surface area contributed by atoms with Gasteiger partial charge in [-0.05, 0) is 13.1 Å². The molecule has 3 atom stereocenters. The van der Waals surface area contributed by atoms with Crippen LogP contribution in [0.25, 0.3) is 0 Å². The van der Waals surface area contributed by atoms with Gasteiger partial charge in [0.2, 0.25) is 0 Å². The van der Waals surface area contributed by atoms with E-state index in [1.165, 1.54) is 0 Å². The summed E-state index contributed by atoms with van der Waals surface area (Å²) in [5.74, 6) is 0.906. The molecular formula is C13H19NO2S. The van der Waals surface area contributed by atoms with Gasteiger partial charge in [0, 0.05) is 21.6 Å². The lowest BCUT2D eigenvalue weighted by atomic mass is 10.0. The van der Waals surface area contributed by atoms with E-state index >= 15 is 0 Å². The molecule has 3 unspecified atom stereocenters. The maximum Gasteiger partial charge on any atom is 0.124 e. The van der Waals surface area contributed by atoms with E-state index in [4.69, 9.17) is 4.74 Å². The molecule has 0 spiro atoms. The van der Waals surface area contributed by atoms with Crippen molar-refractivity contribution in [1.82, 2.24) is 5.32 Å². The van der Waals surface area contributed by atoms with Gasteiger partial charge in [0.25, 0.3) is 0 Å². The van der Waals surface area contributed by atoms with Gasteiger partial charge >= 0.3 is 0 Å². The molecule has 0 aliphatic carbocycles. The molecule has 3 nitrogen and oxygen atoms in total. The number of rotatable bonds is 3. The van der Waals surface area contributed by atoms with Crippen molar-refractivity contribution in [2.45, 2.75) is 30.4 Å². The highest BCUT2D eigenvalue weighted by molar-refractivity contribution is 7.86. The summed E-state index contributed by atoms with van der Waals surface area (Å²) >= 11 is 0. The van der Waals surface area contributed by atoms with Crippen LogP contribution >= 0.6 is 0 Å². The molecule has 1 heterocycles. The highest BCUT2D eigenvalue weighted by atomic mass is 32.2. The van der Waals surface area contributed by atoms with Crippen molar-refractivity contribution in [1.29, 1.82) is 0 Å². The lowest BCUT2D eigenvalue weighted by molar-refractivity contribution is 0.262. The highest BCUT2D eigenvalue weighted by Crippen LogP contribution is 2.34. The second kappa shape index (κ2) is 5.19. The predicted octanol–water partition coefficient (Wildman–Crippen LogP) is 1.87. The highest BCUT2D eigenvalue weighted by Gasteiger charge is 2.34. The lowest BCUT2D eigenvalue weighted by Gasteiger charge is -2.33. The Labute approximate surface area is 105 Å². The van der Waals surface area contributed by atoms with E-state index in [0.717, 1.165) is 11.3 Å². The number of hydrogen-bond donors (Lipinski definition) is 1. The van der Waals surface area contributed by atoms with Gasteiger partial charge in [-0.15, -0.1) is 0 Å². The van der Waals surface area contributed by atoms with Crippen LogP contribution in [0.1, 0.15) is 25.5 Å². The quantitative estimate of drug-likeness (QED) is 0.893. The summed E-state index contributed by atoms with van der Waals surface area (Å²) < 4.78 is 18.0. The summed E-state index contributed by atoms with van der Waals surface area (Å²) in [4.78, 5) is 0. The molecule has 1 N–H and O–H groups in total. The van der Waals surface area contributed by atoms with Crippen LogP contribution < -0.4 is 10.1 Å². The van der Waals surface area contributed by atoms with Crippen molar-refractivity contribution < 1.29 is 8.95 Å². The fourth-order valence-electron chi connectivity index (χ4n) is 2.23. The van der Waals surface area contributed by atoms with Crippen LogP contribution in [0.15, 0.2) is 24.3 Å². The third kappa shape index (κ3) is 2.38. The third-order valence-electron chi connectivity index (χ3n) is 3.10. The zero-order chi connectivity index (χ0) is 12.4. The second-order valence-corrected chi connectivity index (χ2v) is 6.74. The molecule has 0 amide bonds. The van der Waals surface area contributed by atoms with E-state index in [9.17, 15) is 4.21 Å². The van der Waals surface area contributed by atoms with E-state index < -0.39 is 10.8 Å². The Bertz CT molecular complexity index is 420. The minimum atomic E-state index is -0.883. The average Bonchev–Trinajstić information content (AvgIpc) is 2.36. The number of fused-ring (bicyclic) bond motifs is 1. The van der Waals surface area contributed by atoms with Gasteiger partial charge < -0.3 is 10.1 Å². The van der Waals surface area contributed by atoms with Crippen molar-refractivity contribution in [3.05, 3.63) is 29.8 Å². The standard InChI is InChI=1S/C13H19NO2S/c1-9(2)17(15)12-8-16-11-7-5-4-6-10(11)13(12)14-3/h4-7,9,12-14H,8H2,1-3H3. The molecule has 1 aromatic rings. The normalized spacial score (nSPS) is 25.2. The molecule has 0 fully saturated rings. The van der Waals surface area contributed by atoms with E-state index in [1.54, 1.807) is 0 Å². The van der Waals surface area contributed by atoms with E-state index in [0.29, 0.717) is 6.61 Å². The molecule has 0 saturated carbocycles. The summed E-state index contributed by atoms with van der Waals surface area (Å²) in [6, 6.07) is 8.08. The minimum Gasteiger partial charge on any atom is -0.492 e. The summed E-state index contributed by atoms with van der Waals surface area (Å²) in [6.07, 6.45) is 0. The molecule has 94 valence electrons. The molecule has 0 bridgehead atoms. The summed E-state index contributed by atoms with van der Waals surface area (Å²) in [5, 5.41) is 3.45. The maximum atomic E-state index is 12.3. The molecule has 1 aliphatic heterocycles. The largest absolute Gasteiger partial charge is 0.492 e. The number of nitrogens with one attached hydrogen (secondary N) is 1. The van der Waals surface area contributed by atoms with Gasteiger partial charge in [-0.25, -0.2) is 0 Å². The molecule has 0 radical (unpaired) electrons. The van der Waals surface area contributed by atoms with Crippen LogP contribution in [0.5, 0.6) is 5.75 Å². The Morgan fingerprint density at radius 1 is 1.41 bits per heavy atom. The second-order valence-electron chi connectivity index (χ2n) is 4.53. The smallest absolute Gasteiger partial charge is 0.124 e. The fourth-order valence-corrected chi connectivity index (χ4v) is 3.68. The summed E-state index contributed by atoms with van der Waals surface area (Å²) in [6.45, 7) is 4.50. The van der Waals surface area contributed by atoms with Gasteiger partial charge in [-0.2, -0.15) is 0 Å². The van der Waals surface area contributed by atoms with Gasteiger partial charge in [-0.3, -0.25) is 4.21 Å². The van der Waals surface area contributed by atoms with Crippen molar-refractivity contribution in [2.75, 3.05) is 13.7 Å². The van der Waals surface area contributed by atoms with Crippen LogP contribution in [0.3, 0.4) is 0 Å². The van der Waals surface area contributed by atoms with Crippen molar-refractivity contribution in [3.8, 4) is 5.75 Å². The summed E-state index contributed by atoms with van der Waals surface area (Å²) in [7, 11) is 1.03. The van der Waals surface area contributed by atoms with E-state index in [1.807, 2.05) is 45.2 Å². The average molecular weight is 253 g/mol. The SMILES string of the molecule is CNC1c2ccccc2OCC1S(=O)C(C)C. The van der Waals surface area contributed by atoms with Crippen LogP contribution in [0.2, 0.25) is 0 Å². The molecular weight excluding hydrogens is 234 g/mol. The van der Waals surface area contributed by atoms with Crippen molar-refractivity contribution >= 4 is 10.8 Å². The first kappa shape index (κ1) is 12.6. The lowest BCUT2D eigenvalue weighted by Crippen LogP contribution is -2.42. The molecule has 0 aromatic heterocycles. The monoisotopic (exact) mass is 253 g/mol. The van der Waals surface area contributed by atoms with Crippen LogP contribution in [-0.4, -0.2) is 28.4 Å². The zero-order valence-corrected chi connectivity index (χ0v) is 11.3. The minimum absolute atomic E-state index is 0.0231. The van der Waals surface area contributed by atoms with Crippen LogP contribution in [0.4, 0.5) is 0 Å². The Balaban J connectivity index is 2.32. The predicted molar refractivity (Wildman–Crippen MR) is 70.8 cm³/mol.